The first-order valence-corrected chi connectivity index (χ1v) is 9.06. The molecule has 0 spiro atoms. The van der Waals surface area contributed by atoms with E-state index in [9.17, 15) is 4.79 Å². The largest absolute Gasteiger partial charge is 0.342 e. The second-order valence-electron chi connectivity index (χ2n) is 7.61. The van der Waals surface area contributed by atoms with Gasteiger partial charge in [-0.2, -0.15) is 0 Å². The Balaban J connectivity index is 1.84. The van der Waals surface area contributed by atoms with Crippen LogP contribution in [0, 0.1) is 6.92 Å². The topological polar surface area (TPSA) is 23.6 Å². The predicted octanol–water partition coefficient (Wildman–Crippen LogP) is 3.36. The van der Waals surface area contributed by atoms with E-state index in [1.165, 1.54) is 24.0 Å². The van der Waals surface area contributed by atoms with Crippen LogP contribution in [0.5, 0.6) is 0 Å². The van der Waals surface area contributed by atoms with Crippen LogP contribution in [0.15, 0.2) is 24.3 Å². The van der Waals surface area contributed by atoms with E-state index in [-0.39, 0.29) is 5.41 Å². The number of carbonyl (C=O) groups excluding carboxylic acids is 1. The van der Waals surface area contributed by atoms with Gasteiger partial charge in [0.15, 0.2) is 0 Å². The molecule has 1 saturated carbocycles. The molecule has 2 aliphatic rings. The van der Waals surface area contributed by atoms with Gasteiger partial charge in [0.25, 0.3) is 0 Å². The van der Waals surface area contributed by atoms with E-state index in [2.05, 4.69) is 48.0 Å². The van der Waals surface area contributed by atoms with Crippen molar-refractivity contribution in [2.24, 2.45) is 0 Å². The molecule has 1 aliphatic carbocycles. The van der Waals surface area contributed by atoms with Crippen LogP contribution in [-0.4, -0.2) is 48.9 Å². The number of hydrogen-bond donors (Lipinski definition) is 0. The average molecular weight is 314 g/mol. The highest BCUT2D eigenvalue weighted by molar-refractivity contribution is 5.88. The minimum Gasteiger partial charge on any atom is -0.342 e. The van der Waals surface area contributed by atoms with Crippen LogP contribution in [0.4, 0.5) is 0 Å². The molecule has 0 N–H and O–H groups in total. The molecule has 3 heteroatoms. The number of likely N-dealkylation sites (tertiary alicyclic amines) is 1. The fraction of sp³-hybridized carbons (Fsp3) is 0.650. The van der Waals surface area contributed by atoms with Gasteiger partial charge in [-0.05, 0) is 58.3 Å². The quantitative estimate of drug-likeness (QED) is 0.854. The molecule has 2 fully saturated rings. The Morgan fingerprint density at radius 1 is 1.22 bits per heavy atom. The minimum absolute atomic E-state index is 0.274. The molecule has 1 heterocycles. The molecule has 3 rings (SSSR count). The molecular formula is C20H30N2O. The highest BCUT2D eigenvalue weighted by atomic mass is 16.2. The molecule has 0 unspecified atom stereocenters. The van der Waals surface area contributed by atoms with Gasteiger partial charge in [-0.15, -0.1) is 0 Å². The zero-order valence-electron chi connectivity index (χ0n) is 14.8. The third-order valence-electron chi connectivity index (χ3n) is 5.99. The number of rotatable bonds is 3. The predicted molar refractivity (Wildman–Crippen MR) is 94.6 cm³/mol. The number of likely N-dealkylation sites (N-methyl/N-ethyl adjacent to an activating group) is 1. The van der Waals surface area contributed by atoms with E-state index in [1.54, 1.807) is 0 Å². The maximum atomic E-state index is 13.5. The summed E-state index contributed by atoms with van der Waals surface area (Å²) in [6.45, 7) is 4.32. The van der Waals surface area contributed by atoms with E-state index in [4.69, 9.17) is 0 Å². The summed E-state index contributed by atoms with van der Waals surface area (Å²) in [6.07, 6.45) is 6.55. The van der Waals surface area contributed by atoms with Crippen LogP contribution in [0.3, 0.4) is 0 Å². The standard InChI is InChI=1S/C20H30N2O/c1-16-7-6-8-17(15-16)20(11-4-5-12-20)19(23)22(3)18-9-13-21(2)14-10-18/h6-8,15,18H,4-5,9-14H2,1-3H3. The first-order chi connectivity index (χ1) is 11.0. The molecule has 1 aromatic rings. The molecule has 0 bridgehead atoms. The van der Waals surface area contributed by atoms with Crippen molar-refractivity contribution in [2.75, 3.05) is 27.2 Å². The summed E-state index contributed by atoms with van der Waals surface area (Å²) in [5, 5.41) is 0. The summed E-state index contributed by atoms with van der Waals surface area (Å²) >= 11 is 0. The molecule has 1 aliphatic heterocycles. The van der Waals surface area contributed by atoms with Gasteiger partial charge in [0, 0.05) is 13.1 Å². The van der Waals surface area contributed by atoms with Gasteiger partial charge in [0.2, 0.25) is 5.91 Å². The van der Waals surface area contributed by atoms with Crippen molar-refractivity contribution in [3.8, 4) is 0 Å². The Bertz CT molecular complexity index is 555. The summed E-state index contributed by atoms with van der Waals surface area (Å²) in [4.78, 5) is 17.9. The zero-order valence-corrected chi connectivity index (χ0v) is 14.8. The van der Waals surface area contributed by atoms with Crippen LogP contribution in [0.1, 0.15) is 49.7 Å². The van der Waals surface area contributed by atoms with Crippen LogP contribution in [-0.2, 0) is 10.2 Å². The number of aryl methyl sites for hydroxylation is 1. The van der Waals surface area contributed by atoms with Crippen LogP contribution in [0.25, 0.3) is 0 Å². The first kappa shape index (κ1) is 16.5. The van der Waals surface area contributed by atoms with Crippen LogP contribution < -0.4 is 0 Å². The maximum absolute atomic E-state index is 13.5. The summed E-state index contributed by atoms with van der Waals surface area (Å²) in [7, 11) is 4.21. The van der Waals surface area contributed by atoms with Gasteiger partial charge >= 0.3 is 0 Å². The zero-order chi connectivity index (χ0) is 16.4. The van der Waals surface area contributed by atoms with Gasteiger partial charge < -0.3 is 9.80 Å². The smallest absolute Gasteiger partial charge is 0.233 e. The maximum Gasteiger partial charge on any atom is 0.233 e. The van der Waals surface area contributed by atoms with Crippen LogP contribution >= 0.6 is 0 Å². The molecular weight excluding hydrogens is 284 g/mol. The average Bonchev–Trinajstić information content (AvgIpc) is 3.05. The van der Waals surface area contributed by atoms with E-state index >= 15 is 0 Å². The van der Waals surface area contributed by atoms with Gasteiger partial charge in [-0.25, -0.2) is 0 Å². The first-order valence-electron chi connectivity index (χ1n) is 9.06. The van der Waals surface area contributed by atoms with E-state index < -0.39 is 0 Å². The van der Waals surface area contributed by atoms with E-state index in [1.807, 2.05) is 7.05 Å². The third-order valence-corrected chi connectivity index (χ3v) is 5.99. The molecule has 0 radical (unpaired) electrons. The van der Waals surface area contributed by atoms with Crippen molar-refractivity contribution in [1.82, 2.24) is 9.80 Å². The number of piperidine rings is 1. The molecule has 126 valence electrons. The summed E-state index contributed by atoms with van der Waals surface area (Å²) in [5.41, 5.74) is 2.22. The van der Waals surface area contributed by atoms with Crippen molar-refractivity contribution in [3.63, 3.8) is 0 Å². The Labute approximate surface area is 140 Å². The molecule has 1 saturated heterocycles. The van der Waals surface area contributed by atoms with Crippen molar-refractivity contribution >= 4 is 5.91 Å². The monoisotopic (exact) mass is 314 g/mol. The number of nitrogens with zero attached hydrogens (tertiary/aromatic N) is 2. The number of amides is 1. The fourth-order valence-electron chi connectivity index (χ4n) is 4.43. The van der Waals surface area contributed by atoms with Crippen molar-refractivity contribution in [2.45, 2.75) is 56.9 Å². The highest BCUT2D eigenvalue weighted by Gasteiger charge is 2.45. The summed E-state index contributed by atoms with van der Waals surface area (Å²) in [6, 6.07) is 9.02. The Hall–Kier alpha value is -1.35. The third kappa shape index (κ3) is 3.16. The summed E-state index contributed by atoms with van der Waals surface area (Å²) in [5.74, 6) is 0.357. The molecule has 0 atom stereocenters. The SMILES string of the molecule is Cc1cccc(C2(C(=O)N(C)C3CCN(C)CC3)CCCC2)c1. The van der Waals surface area contributed by atoms with Gasteiger partial charge in [0.1, 0.15) is 0 Å². The highest BCUT2D eigenvalue weighted by Crippen LogP contribution is 2.43. The number of carbonyl (C=O) groups is 1. The molecule has 1 amide bonds. The van der Waals surface area contributed by atoms with Gasteiger partial charge in [-0.1, -0.05) is 42.7 Å². The fourth-order valence-corrected chi connectivity index (χ4v) is 4.43. The summed E-state index contributed by atoms with van der Waals surface area (Å²) < 4.78 is 0. The van der Waals surface area contributed by atoms with Crippen LogP contribution in [0.2, 0.25) is 0 Å². The normalized spacial score (nSPS) is 22.2. The van der Waals surface area contributed by atoms with Crippen molar-refractivity contribution < 1.29 is 4.79 Å². The number of hydrogen-bond acceptors (Lipinski definition) is 2. The lowest BCUT2D eigenvalue weighted by Gasteiger charge is -2.40. The second kappa shape index (κ2) is 6.64. The van der Waals surface area contributed by atoms with Gasteiger partial charge in [-0.3, -0.25) is 4.79 Å². The van der Waals surface area contributed by atoms with Crippen molar-refractivity contribution in [3.05, 3.63) is 35.4 Å². The molecule has 23 heavy (non-hydrogen) atoms. The minimum atomic E-state index is -0.274. The Morgan fingerprint density at radius 3 is 2.48 bits per heavy atom. The molecule has 1 aromatic carbocycles. The Morgan fingerprint density at radius 2 is 1.87 bits per heavy atom. The molecule has 3 nitrogen and oxygen atoms in total. The lowest BCUT2D eigenvalue weighted by atomic mass is 9.76. The second-order valence-corrected chi connectivity index (χ2v) is 7.61. The lowest BCUT2D eigenvalue weighted by Crippen LogP contribution is -2.51. The number of benzene rings is 1. The van der Waals surface area contributed by atoms with Crippen molar-refractivity contribution in [1.29, 1.82) is 0 Å². The van der Waals surface area contributed by atoms with Gasteiger partial charge in [0.05, 0.1) is 5.41 Å². The molecule has 0 aromatic heterocycles. The van der Waals surface area contributed by atoms with E-state index in [0.29, 0.717) is 11.9 Å². The lowest BCUT2D eigenvalue weighted by molar-refractivity contribution is -0.139. The van der Waals surface area contributed by atoms with E-state index in [0.717, 1.165) is 38.8 Å². The Kier molecular flexibility index (Phi) is 4.77.